The molecule has 9 N–H and O–H groups in total. The number of unbranched alkanes of at least 4 members (excludes halogenated alkanes) is 1. The van der Waals surface area contributed by atoms with E-state index >= 15 is 0 Å². The molecule has 0 fully saturated rings. The summed E-state index contributed by atoms with van der Waals surface area (Å²) in [4.78, 5) is 50.3. The highest BCUT2D eigenvalue weighted by atomic mass is 16.6. The number of hydrogen-bond donors (Lipinski definition) is 5. The van der Waals surface area contributed by atoms with Crippen molar-refractivity contribution in [1.82, 2.24) is 5.32 Å². The van der Waals surface area contributed by atoms with E-state index in [1.54, 1.807) is 0 Å². The van der Waals surface area contributed by atoms with E-state index in [9.17, 15) is 24.5 Å². The summed E-state index contributed by atoms with van der Waals surface area (Å²) in [6.45, 7) is 9.84. The first kappa shape index (κ1) is 45.4. The third-order valence-electron chi connectivity index (χ3n) is 6.09. The van der Waals surface area contributed by atoms with E-state index in [-0.39, 0.29) is 61.3 Å². The highest BCUT2D eigenvalue weighted by Crippen LogP contribution is 2.38. The smallest absolute Gasteiger partial charge is 0.408 e. The Morgan fingerprint density at radius 1 is 1.00 bits per heavy atom. The summed E-state index contributed by atoms with van der Waals surface area (Å²) < 4.78 is 36.5. The monoisotopic (exact) mass is 715 g/mol. The van der Waals surface area contributed by atoms with Gasteiger partial charge in [0.15, 0.2) is 17.5 Å². The van der Waals surface area contributed by atoms with Crippen LogP contribution in [0.3, 0.4) is 0 Å². The van der Waals surface area contributed by atoms with Crippen molar-refractivity contribution < 1.29 is 52.5 Å². The third-order valence-corrected chi connectivity index (χ3v) is 6.09. The minimum Gasteiger partial charge on any atom is -0.493 e. The molecule has 0 aliphatic heterocycles. The molecule has 0 radical (unpaired) electrons. The second-order valence-corrected chi connectivity index (χ2v) is 10.0. The second-order valence-electron chi connectivity index (χ2n) is 10.0. The predicted octanol–water partition coefficient (Wildman–Crippen LogP) is 0.854. The van der Waals surface area contributed by atoms with Gasteiger partial charge in [-0.25, -0.2) is 9.59 Å². The number of alkyl carbamates (subject to hydrolysis) is 1. The normalized spacial score (nSPS) is 11.5. The molecule has 19 heteroatoms. The van der Waals surface area contributed by atoms with Gasteiger partial charge in [0.25, 0.3) is 5.69 Å². The lowest BCUT2D eigenvalue weighted by atomic mass is 10.1. The second kappa shape index (κ2) is 29.4. The summed E-state index contributed by atoms with van der Waals surface area (Å²) >= 11 is 0. The molecule has 0 bridgehead atoms. The Bertz CT molecular complexity index is 1160. The molecule has 0 saturated heterocycles. The molecule has 1 rings (SSSR count). The lowest BCUT2D eigenvalue weighted by Gasteiger charge is -2.20. The number of carbonyl (C=O) groups is 3. The molecule has 0 heterocycles. The molecule has 0 aliphatic rings. The number of amides is 1. The first-order valence-corrected chi connectivity index (χ1v) is 15.9. The molecule has 0 aromatic heterocycles. The molecule has 0 aliphatic carbocycles. The van der Waals surface area contributed by atoms with Crippen molar-refractivity contribution in [3.63, 3.8) is 0 Å². The molecular weight excluding hydrogens is 662 g/mol. The number of hydrogen-bond acceptors (Lipinski definition) is 15. The van der Waals surface area contributed by atoms with Gasteiger partial charge in [-0.3, -0.25) is 15.1 Å². The zero-order chi connectivity index (χ0) is 37.6. The van der Waals surface area contributed by atoms with E-state index in [0.717, 1.165) is 12.4 Å². The molecule has 0 saturated carbocycles. The predicted molar refractivity (Wildman–Crippen MR) is 184 cm³/mol. The number of methoxy groups -OCH3 is 1. The average molecular weight is 716 g/mol. The van der Waals surface area contributed by atoms with E-state index in [1.807, 2.05) is 0 Å². The van der Waals surface area contributed by atoms with Crippen LogP contribution in [0.5, 0.6) is 11.5 Å². The molecular formula is C31H53N7O12. The van der Waals surface area contributed by atoms with Crippen molar-refractivity contribution in [1.29, 1.82) is 0 Å². The van der Waals surface area contributed by atoms with Gasteiger partial charge in [0.05, 0.1) is 69.9 Å². The average Bonchev–Trinajstić information content (AvgIpc) is 3.09. The van der Waals surface area contributed by atoms with E-state index < -0.39 is 29.1 Å². The van der Waals surface area contributed by atoms with Crippen LogP contribution in [0, 0.1) is 10.1 Å². The number of aliphatic imine (C=N–C) groups is 1. The number of aldehydes is 1. The number of benzene rings is 1. The number of nitro groups is 1. The summed E-state index contributed by atoms with van der Waals surface area (Å²) in [5, 5.41) is 14.1. The van der Waals surface area contributed by atoms with Gasteiger partial charge >= 0.3 is 12.1 Å². The third kappa shape index (κ3) is 21.4. The lowest BCUT2D eigenvalue weighted by molar-refractivity contribution is -0.386. The Labute approximate surface area is 292 Å². The van der Waals surface area contributed by atoms with Gasteiger partial charge in [0.1, 0.15) is 25.0 Å². The van der Waals surface area contributed by atoms with Crippen molar-refractivity contribution in [3.05, 3.63) is 40.5 Å². The maximum absolute atomic E-state index is 12.6. The summed E-state index contributed by atoms with van der Waals surface area (Å²) in [5.41, 5.74) is 20.7. The summed E-state index contributed by atoms with van der Waals surface area (Å²) in [7, 11) is 1.35. The van der Waals surface area contributed by atoms with Gasteiger partial charge < -0.3 is 66.2 Å². The zero-order valence-corrected chi connectivity index (χ0v) is 28.9. The van der Waals surface area contributed by atoms with Gasteiger partial charge in [0, 0.05) is 26.1 Å². The number of ether oxygens (including phenoxy) is 7. The Hall–Kier alpha value is -4.56. The molecule has 284 valence electrons. The quantitative estimate of drug-likeness (QED) is 0.0123. The van der Waals surface area contributed by atoms with Crippen molar-refractivity contribution in [2.24, 2.45) is 27.9 Å². The van der Waals surface area contributed by atoms with Crippen LogP contribution in [0.15, 0.2) is 29.8 Å². The largest absolute Gasteiger partial charge is 0.493 e. The highest BCUT2D eigenvalue weighted by molar-refractivity contribution is 5.81. The van der Waals surface area contributed by atoms with Crippen LogP contribution in [-0.4, -0.2) is 115 Å². The van der Waals surface area contributed by atoms with E-state index in [0.29, 0.717) is 65.6 Å². The Kier molecular flexibility index (Phi) is 26.7. The number of carbonyl (C=O) groups excluding carboxylic acids is 3. The summed E-state index contributed by atoms with van der Waals surface area (Å²) in [5.74, 6) is -0.557. The van der Waals surface area contributed by atoms with E-state index in [2.05, 4.69) is 16.9 Å². The number of nitrogens with two attached hydrogens (primary N) is 4. The number of nitrogens with one attached hydrogen (secondary N) is 1. The number of esters is 1. The van der Waals surface area contributed by atoms with Crippen LogP contribution >= 0.6 is 0 Å². The Morgan fingerprint density at radius 3 is 2.14 bits per heavy atom. The van der Waals surface area contributed by atoms with Crippen LogP contribution < -0.4 is 37.7 Å². The number of guanidine groups is 1. The van der Waals surface area contributed by atoms with Crippen LogP contribution in [0.1, 0.15) is 44.3 Å². The van der Waals surface area contributed by atoms with Gasteiger partial charge in [-0.1, -0.05) is 12.7 Å². The minimum absolute atomic E-state index is 0.0378. The Balaban J connectivity index is 0.00000155. The first-order valence-electron chi connectivity index (χ1n) is 15.9. The first-order chi connectivity index (χ1) is 24.1. The Morgan fingerprint density at radius 2 is 1.62 bits per heavy atom. The van der Waals surface area contributed by atoms with Gasteiger partial charge in [-0.15, -0.1) is 0 Å². The van der Waals surface area contributed by atoms with Crippen molar-refractivity contribution in [3.8, 4) is 11.5 Å². The SMILES string of the molecule is C=CCOC(=O)C(CCCN=C(N)N)NC(=O)OC(C)c1cc(OC)c(OCCCC=O)cc1[N+](=O)[O-].NCCOCCOCCOCCN. The summed E-state index contributed by atoms with van der Waals surface area (Å²) in [6, 6.07) is 1.41. The fourth-order valence-corrected chi connectivity index (χ4v) is 3.77. The van der Waals surface area contributed by atoms with Crippen molar-refractivity contribution in [2.75, 3.05) is 79.6 Å². The molecule has 2 atom stereocenters. The van der Waals surface area contributed by atoms with Crippen LogP contribution in [-0.2, 0) is 33.3 Å². The van der Waals surface area contributed by atoms with Gasteiger partial charge in [-0.2, -0.15) is 0 Å². The van der Waals surface area contributed by atoms with Gasteiger partial charge in [0.2, 0.25) is 0 Å². The fraction of sp³-hybridized carbons (Fsp3) is 0.613. The molecule has 2 unspecified atom stereocenters. The lowest BCUT2D eigenvalue weighted by Crippen LogP contribution is -2.42. The van der Waals surface area contributed by atoms with Gasteiger partial charge in [-0.05, 0) is 32.3 Å². The van der Waals surface area contributed by atoms with Crippen LogP contribution in [0.2, 0.25) is 0 Å². The summed E-state index contributed by atoms with van der Waals surface area (Å²) in [6.07, 6.45) is 1.19. The number of rotatable bonds is 27. The topological polar surface area (TPSA) is 287 Å². The molecule has 1 amide bonds. The maximum atomic E-state index is 12.6. The van der Waals surface area contributed by atoms with Crippen LogP contribution in [0.25, 0.3) is 0 Å². The van der Waals surface area contributed by atoms with Crippen molar-refractivity contribution in [2.45, 2.75) is 44.8 Å². The minimum atomic E-state index is -1.11. The number of nitro benzene ring substituents is 1. The molecule has 0 spiro atoms. The standard InChI is InChI=1S/C23H33N5O9.C8H20N2O3/c1-4-11-36-21(30)17(8-7-9-26-22(24)25)27-23(31)37-15(2)16-13-19(34-3)20(14-18(16)28(32)33)35-12-6-5-10-29;9-1-3-11-5-7-13-8-6-12-4-2-10/h4,10,13-15,17H,1,5-9,11-12H2,2-3H3,(H,27,31)(H4,24,25,26);1-10H2. The highest BCUT2D eigenvalue weighted by Gasteiger charge is 2.28. The molecule has 50 heavy (non-hydrogen) atoms. The van der Waals surface area contributed by atoms with Crippen LogP contribution in [0.4, 0.5) is 10.5 Å². The zero-order valence-electron chi connectivity index (χ0n) is 28.9. The fourth-order valence-electron chi connectivity index (χ4n) is 3.77. The maximum Gasteiger partial charge on any atom is 0.408 e. The molecule has 1 aromatic carbocycles. The van der Waals surface area contributed by atoms with E-state index in [1.165, 1.54) is 26.2 Å². The molecule has 19 nitrogen and oxygen atoms in total. The number of nitrogens with zero attached hydrogens (tertiary/aromatic N) is 2. The molecule has 1 aromatic rings. The van der Waals surface area contributed by atoms with Crippen molar-refractivity contribution >= 4 is 30.0 Å². The van der Waals surface area contributed by atoms with E-state index in [4.69, 9.17) is 56.1 Å².